The standard InChI is InChI=1S/C72H74N4O.Pt/c1-67(2,3)48-32-37-73-65(42-48)76-61-23-16-15-22-53(61)54-29-28-52(44-64(54)76)77-51-21-19-20-50(43-51)74-45-75(63-25-18-17-24-62(63)74)66-55(46-26-30-57-59(38-46)71(11,12)35-33-69(57,7)8)40-49(68(4,5)6)41-56(66)47-27-31-58-60(39-47)72(13,14)36-34-70(58,9)10;/h15-32,37-42H,33-36H2,1-14H3;/q-2;/i7D3,8D3,9D3,10D3,11D3,12D3,13D3,14D3,26D,27D,30D,31D,33D2,34D2,35D2,36D2,38D,39D;. The van der Waals surface area contributed by atoms with E-state index in [4.69, 9.17) is 42.6 Å². The third-order valence-corrected chi connectivity index (χ3v) is 13.9. The maximum Gasteiger partial charge on any atom is 0.268 e. The van der Waals surface area contributed by atoms with Crippen molar-refractivity contribution in [2.24, 2.45) is 0 Å². The summed E-state index contributed by atoms with van der Waals surface area (Å²) in [7, 11) is 0. The van der Waals surface area contributed by atoms with Gasteiger partial charge in [0, 0.05) is 88.1 Å². The molecule has 0 bridgehead atoms. The van der Waals surface area contributed by atoms with Crippen LogP contribution in [-0.4, -0.2) is 14.1 Å². The molecule has 5 nitrogen and oxygen atoms in total. The van der Waals surface area contributed by atoms with Crippen molar-refractivity contribution in [1.82, 2.24) is 14.1 Å². The Morgan fingerprint density at radius 1 is 0.590 bits per heavy atom. The Kier molecular flexibility index (Phi) is 5.99. The topological polar surface area (TPSA) is 35.9 Å². The number of pyridine rings is 1. The molecule has 0 saturated heterocycles. The van der Waals surface area contributed by atoms with Crippen LogP contribution < -0.4 is 9.30 Å². The van der Waals surface area contributed by atoms with Gasteiger partial charge in [0.15, 0.2) is 0 Å². The molecule has 6 heteroatoms. The van der Waals surface area contributed by atoms with Crippen molar-refractivity contribution in [3.8, 4) is 50.9 Å². The fraction of sp³-hybridized carbons (Fsp3) is 0.333. The van der Waals surface area contributed by atoms with Crippen LogP contribution in [0.2, 0.25) is 0 Å². The molecular weight excluding hydrogens is 1130 g/mol. The molecule has 0 unspecified atom stereocenters. The van der Waals surface area contributed by atoms with Crippen LogP contribution in [0.15, 0.2) is 146 Å². The summed E-state index contributed by atoms with van der Waals surface area (Å²) >= 11 is 0. The molecule has 0 amide bonds. The van der Waals surface area contributed by atoms with E-state index in [0.717, 1.165) is 38.6 Å². The summed E-state index contributed by atoms with van der Waals surface area (Å²) in [5.41, 5.74) is -31.6. The quantitative estimate of drug-likeness (QED) is 0.118. The molecule has 0 fully saturated rings. The number of ether oxygens (including phenoxy) is 1. The van der Waals surface area contributed by atoms with Crippen LogP contribution >= 0.6 is 0 Å². The Morgan fingerprint density at radius 3 is 1.76 bits per heavy atom. The van der Waals surface area contributed by atoms with E-state index in [1.54, 1.807) is 12.3 Å². The van der Waals surface area contributed by atoms with Gasteiger partial charge in [0.05, 0.1) is 24.9 Å². The zero-order chi connectivity index (χ0) is 86.6. The molecular formula is C72H74N4OPt-2. The Labute approximate surface area is 531 Å². The monoisotopic (exact) mass is 1240 g/mol. The van der Waals surface area contributed by atoms with E-state index in [1.807, 2.05) is 47.0 Å². The van der Waals surface area contributed by atoms with Gasteiger partial charge in [0.25, 0.3) is 6.33 Å². The van der Waals surface area contributed by atoms with Crippen LogP contribution in [0.4, 0.5) is 0 Å². The summed E-state index contributed by atoms with van der Waals surface area (Å²) < 4.78 is 367. The van der Waals surface area contributed by atoms with Crippen molar-refractivity contribution in [2.75, 3.05) is 0 Å². The number of hydrogen-bond donors (Lipinski definition) is 0. The molecule has 0 radical (unpaired) electrons. The van der Waals surface area contributed by atoms with Crippen molar-refractivity contribution in [1.29, 1.82) is 0 Å². The van der Waals surface area contributed by atoms with E-state index in [1.165, 1.54) is 67.8 Å². The van der Waals surface area contributed by atoms with Gasteiger partial charge in [0.2, 0.25) is 0 Å². The van der Waals surface area contributed by atoms with Gasteiger partial charge in [-0.15, -0.1) is 29.7 Å². The number of benzene rings is 7. The molecule has 0 aliphatic heterocycles. The summed E-state index contributed by atoms with van der Waals surface area (Å²) in [6.45, 7) is -26.0. The molecule has 0 spiro atoms. The van der Waals surface area contributed by atoms with E-state index >= 15 is 0 Å². The van der Waals surface area contributed by atoms with E-state index in [0.29, 0.717) is 11.3 Å². The SMILES string of the molecule is [2H]c1c([2H])c2c(c([2H])c1-c1cc(C(C)(C)C)cc(-c3c([2H])c([2H])c4c(c3[2H])C(C([2H])([2H])[2H])(C([2H])([2H])[2H])C([2H])([2H])C([2H])([2H])C4(C([2H])([2H])[2H])C([2H])([2H])[2H])c1-[n+]1[c-]n(-c3[c-]c(Oc4[c-]c5c(cc4)c4ccccc4n5-c4cc(C(C)(C)C)ccn4)ccc3)c3ccccc31)C(C([2H])([2H])[2H])(C([2H])([2H])[2H])C([2H])([2H])C([2H])([2H])C2(C([2H])([2H])[2H])C([2H])([2H])[2H].[Pt]. The minimum Gasteiger partial charge on any atom is -0.510 e. The molecule has 3 aromatic heterocycles. The number of nitrogens with zero attached hydrogens (tertiary/aromatic N) is 4. The molecule has 2 aliphatic carbocycles. The maximum absolute atomic E-state index is 10.6. The zero-order valence-corrected chi connectivity index (χ0v) is 45.2. The summed E-state index contributed by atoms with van der Waals surface area (Å²) in [5, 5.41) is 1.61. The Bertz CT molecular complexity index is 5430. The summed E-state index contributed by atoms with van der Waals surface area (Å²) in [5.74, 6) is 0.669. The number of para-hydroxylation sites is 3. The van der Waals surface area contributed by atoms with Crippen LogP contribution in [0.3, 0.4) is 0 Å². The number of imidazole rings is 1. The average Bonchev–Trinajstić information content (AvgIpc) is 0.779. The van der Waals surface area contributed by atoms with Gasteiger partial charge in [-0.1, -0.05) is 193 Å². The van der Waals surface area contributed by atoms with Gasteiger partial charge < -0.3 is 13.9 Å². The smallest absolute Gasteiger partial charge is 0.268 e. The first-order valence-electron chi connectivity index (χ1n) is 43.6. The van der Waals surface area contributed by atoms with Gasteiger partial charge >= 0.3 is 0 Å². The second-order valence-corrected chi connectivity index (χ2v) is 21.5. The van der Waals surface area contributed by atoms with Crippen LogP contribution in [0.1, 0.15) is 207 Å². The molecule has 78 heavy (non-hydrogen) atoms. The number of rotatable bonds is 7. The molecule has 400 valence electrons. The minimum absolute atomic E-state index is 0. The summed E-state index contributed by atoms with van der Waals surface area (Å²) in [6.07, 6.45) is -14.5. The van der Waals surface area contributed by atoms with Gasteiger partial charge in [-0.3, -0.25) is 4.57 Å². The minimum atomic E-state index is -4.87. The van der Waals surface area contributed by atoms with E-state index in [-0.39, 0.29) is 60.3 Å². The molecule has 2 aliphatic rings. The fourth-order valence-corrected chi connectivity index (χ4v) is 9.85. The molecule has 7 aromatic carbocycles. The first kappa shape index (κ1) is 24.9. The Balaban J connectivity index is 0.0000132. The van der Waals surface area contributed by atoms with Crippen molar-refractivity contribution in [2.45, 2.75) is 154 Å². The average molecular weight is 1240 g/mol. The van der Waals surface area contributed by atoms with Crippen LogP contribution in [0, 0.1) is 18.5 Å². The molecule has 10 aromatic rings. The van der Waals surface area contributed by atoms with Crippen molar-refractivity contribution in [3.05, 3.63) is 197 Å². The second-order valence-electron chi connectivity index (χ2n) is 21.5. The third-order valence-electron chi connectivity index (χ3n) is 13.9. The van der Waals surface area contributed by atoms with Gasteiger partial charge in [-0.05, 0) is 143 Å². The number of aromatic nitrogens is 4. The number of hydrogen-bond acceptors (Lipinski definition) is 2. The van der Waals surface area contributed by atoms with Crippen molar-refractivity contribution < 1.29 is 82.5 Å². The second kappa shape index (κ2) is 18.8. The van der Waals surface area contributed by atoms with Crippen LogP contribution in [0.5, 0.6) is 11.5 Å². The third kappa shape index (κ3) is 9.16. The summed E-state index contributed by atoms with van der Waals surface area (Å²) in [4.78, 5) is 4.76. The molecule has 3 heterocycles. The van der Waals surface area contributed by atoms with Crippen LogP contribution in [0.25, 0.3) is 72.3 Å². The van der Waals surface area contributed by atoms with Crippen LogP contribution in [-0.2, 0) is 53.6 Å². The number of fused-ring (bicyclic) bond motifs is 6. The fourth-order valence-electron chi connectivity index (χ4n) is 9.85. The Morgan fingerprint density at radius 2 is 1.15 bits per heavy atom. The first-order valence-corrected chi connectivity index (χ1v) is 24.6. The van der Waals surface area contributed by atoms with Crippen molar-refractivity contribution in [3.63, 3.8) is 0 Å². The van der Waals surface area contributed by atoms with Crippen molar-refractivity contribution >= 4 is 32.8 Å². The molecule has 12 rings (SSSR count). The largest absolute Gasteiger partial charge is 0.510 e. The predicted molar refractivity (Wildman–Crippen MR) is 319 cm³/mol. The van der Waals surface area contributed by atoms with Gasteiger partial charge in [-0.25, -0.2) is 4.98 Å². The van der Waals surface area contributed by atoms with Gasteiger partial charge in [0.1, 0.15) is 5.82 Å². The molecule has 0 atom stereocenters. The Hall–Kier alpha value is -6.55. The summed E-state index contributed by atoms with van der Waals surface area (Å²) in [6, 6.07) is 23.4. The van der Waals surface area contributed by atoms with E-state index < -0.39 is 194 Å². The van der Waals surface area contributed by atoms with Gasteiger partial charge in [-0.2, -0.15) is 18.2 Å². The van der Waals surface area contributed by atoms with E-state index in [9.17, 15) is 19.2 Å². The predicted octanol–water partition coefficient (Wildman–Crippen LogP) is 18.2. The maximum atomic E-state index is 10.6. The van der Waals surface area contributed by atoms with E-state index in [2.05, 4.69) is 39.2 Å². The molecule has 0 N–H and O–H groups in total. The zero-order valence-electron chi connectivity index (χ0n) is 80.9. The normalized spacial score (nSPS) is 27.5. The molecule has 0 saturated carbocycles. The first-order chi connectivity index (χ1) is 52.0.